The van der Waals surface area contributed by atoms with E-state index in [0.717, 1.165) is 12.8 Å². The van der Waals surface area contributed by atoms with Crippen molar-refractivity contribution in [2.45, 2.75) is 24.9 Å². The Bertz CT molecular complexity index is 567. The lowest BCUT2D eigenvalue weighted by Gasteiger charge is -2.35. The number of hydrogen-bond acceptors (Lipinski definition) is 3. The molecule has 7 heteroatoms. The van der Waals surface area contributed by atoms with E-state index < -0.39 is 6.04 Å². The smallest absolute Gasteiger partial charge is 0.271 e. The maximum atomic E-state index is 12.8. The molecule has 1 aliphatic heterocycles. The molecule has 0 spiro atoms. The Morgan fingerprint density at radius 1 is 1.43 bits per heavy atom. The zero-order chi connectivity index (χ0) is 15.0. The standard InChI is InChI=1S/C14H19ClN4O2/c1-16-13(20)12-7-17-4-5-18(12)14(21)11-6-9(15)8-19(11)10-2-3-10/h6,8,10,12,17H,2-5,7H2,1H3,(H,16,20). The van der Waals surface area contributed by atoms with Crippen LogP contribution in [-0.4, -0.2) is 54.0 Å². The summed E-state index contributed by atoms with van der Waals surface area (Å²) in [7, 11) is 1.59. The lowest BCUT2D eigenvalue weighted by atomic mass is 10.1. The van der Waals surface area contributed by atoms with Gasteiger partial charge < -0.3 is 20.1 Å². The van der Waals surface area contributed by atoms with Crippen molar-refractivity contribution in [2.75, 3.05) is 26.7 Å². The molecule has 0 aromatic carbocycles. The number of carbonyl (C=O) groups excluding carboxylic acids is 2. The van der Waals surface area contributed by atoms with Gasteiger partial charge in [0.05, 0.1) is 5.02 Å². The maximum Gasteiger partial charge on any atom is 0.271 e. The van der Waals surface area contributed by atoms with E-state index in [9.17, 15) is 9.59 Å². The average Bonchev–Trinajstić information content (AvgIpc) is 3.28. The van der Waals surface area contributed by atoms with Crippen molar-refractivity contribution in [3.63, 3.8) is 0 Å². The highest BCUT2D eigenvalue weighted by atomic mass is 35.5. The molecule has 21 heavy (non-hydrogen) atoms. The third kappa shape index (κ3) is 2.78. The molecule has 2 fully saturated rings. The van der Waals surface area contributed by atoms with Gasteiger partial charge in [0.1, 0.15) is 11.7 Å². The fourth-order valence-electron chi connectivity index (χ4n) is 2.77. The van der Waals surface area contributed by atoms with Crippen LogP contribution in [-0.2, 0) is 4.79 Å². The van der Waals surface area contributed by atoms with Gasteiger partial charge >= 0.3 is 0 Å². The monoisotopic (exact) mass is 310 g/mol. The van der Waals surface area contributed by atoms with Crippen LogP contribution in [0.25, 0.3) is 0 Å². The normalized spacial score (nSPS) is 22.2. The van der Waals surface area contributed by atoms with E-state index >= 15 is 0 Å². The highest BCUT2D eigenvalue weighted by Gasteiger charge is 2.35. The van der Waals surface area contributed by atoms with E-state index in [1.54, 1.807) is 18.0 Å². The predicted molar refractivity (Wildman–Crippen MR) is 79.5 cm³/mol. The Labute approximate surface area is 128 Å². The van der Waals surface area contributed by atoms with Crippen LogP contribution in [0.4, 0.5) is 0 Å². The van der Waals surface area contributed by atoms with E-state index in [4.69, 9.17) is 11.6 Å². The summed E-state index contributed by atoms with van der Waals surface area (Å²) in [6.07, 6.45) is 3.96. The van der Waals surface area contributed by atoms with Crippen LogP contribution < -0.4 is 10.6 Å². The van der Waals surface area contributed by atoms with E-state index in [-0.39, 0.29) is 11.8 Å². The Morgan fingerprint density at radius 2 is 2.19 bits per heavy atom. The molecule has 2 aliphatic rings. The van der Waals surface area contributed by atoms with Gasteiger partial charge in [-0.15, -0.1) is 0 Å². The van der Waals surface area contributed by atoms with Crippen molar-refractivity contribution in [3.8, 4) is 0 Å². The van der Waals surface area contributed by atoms with E-state index in [1.165, 1.54) is 0 Å². The van der Waals surface area contributed by atoms with Crippen molar-refractivity contribution < 1.29 is 9.59 Å². The molecule has 2 heterocycles. The summed E-state index contributed by atoms with van der Waals surface area (Å²) in [5.74, 6) is -0.268. The number of halogens is 1. The van der Waals surface area contributed by atoms with Gasteiger partial charge in [-0.25, -0.2) is 0 Å². The molecule has 1 aliphatic carbocycles. The lowest BCUT2D eigenvalue weighted by molar-refractivity contribution is -0.125. The molecular formula is C14H19ClN4O2. The zero-order valence-corrected chi connectivity index (χ0v) is 12.7. The van der Waals surface area contributed by atoms with Crippen LogP contribution in [0.5, 0.6) is 0 Å². The van der Waals surface area contributed by atoms with Gasteiger partial charge in [0.25, 0.3) is 5.91 Å². The first-order valence-electron chi connectivity index (χ1n) is 7.22. The number of carbonyl (C=O) groups is 2. The minimum Gasteiger partial charge on any atom is -0.357 e. The molecule has 6 nitrogen and oxygen atoms in total. The third-order valence-electron chi connectivity index (χ3n) is 4.03. The fourth-order valence-corrected chi connectivity index (χ4v) is 2.98. The molecular weight excluding hydrogens is 292 g/mol. The van der Waals surface area contributed by atoms with Gasteiger partial charge in [0.15, 0.2) is 0 Å². The van der Waals surface area contributed by atoms with Crippen molar-refractivity contribution >= 4 is 23.4 Å². The minimum atomic E-state index is -0.474. The van der Waals surface area contributed by atoms with Crippen molar-refractivity contribution in [1.82, 2.24) is 20.1 Å². The molecule has 1 aromatic heterocycles. The minimum absolute atomic E-state index is 0.121. The summed E-state index contributed by atoms with van der Waals surface area (Å²) in [6.45, 7) is 1.69. The molecule has 0 radical (unpaired) electrons. The second kappa shape index (κ2) is 5.69. The number of amides is 2. The fraction of sp³-hybridized carbons (Fsp3) is 0.571. The first kappa shape index (κ1) is 14.4. The Balaban J connectivity index is 1.87. The first-order chi connectivity index (χ1) is 10.1. The van der Waals surface area contributed by atoms with Gasteiger partial charge in [-0.1, -0.05) is 11.6 Å². The molecule has 3 rings (SSSR count). The van der Waals surface area contributed by atoms with Gasteiger partial charge in [0, 0.05) is 38.9 Å². The van der Waals surface area contributed by atoms with Crippen LogP contribution in [0, 0.1) is 0 Å². The van der Waals surface area contributed by atoms with Crippen LogP contribution in [0.2, 0.25) is 5.02 Å². The second-order valence-corrected chi connectivity index (χ2v) is 5.95. The number of aromatic nitrogens is 1. The average molecular weight is 311 g/mol. The topological polar surface area (TPSA) is 66.4 Å². The summed E-state index contributed by atoms with van der Waals surface area (Å²) >= 11 is 6.06. The number of rotatable bonds is 3. The highest BCUT2D eigenvalue weighted by Crippen LogP contribution is 2.37. The van der Waals surface area contributed by atoms with Gasteiger partial charge in [-0.05, 0) is 18.9 Å². The SMILES string of the molecule is CNC(=O)C1CNCCN1C(=O)c1cc(Cl)cn1C1CC1. The largest absolute Gasteiger partial charge is 0.357 e. The molecule has 2 N–H and O–H groups in total. The van der Waals surface area contributed by atoms with Gasteiger partial charge in [-0.3, -0.25) is 9.59 Å². The number of likely N-dealkylation sites (N-methyl/N-ethyl adjacent to an activating group) is 1. The Kier molecular flexibility index (Phi) is 3.91. The van der Waals surface area contributed by atoms with Crippen LogP contribution in [0.1, 0.15) is 29.4 Å². The first-order valence-corrected chi connectivity index (χ1v) is 7.60. The summed E-state index contributed by atoms with van der Waals surface area (Å²) in [6, 6.07) is 1.60. The maximum absolute atomic E-state index is 12.8. The lowest BCUT2D eigenvalue weighted by Crippen LogP contribution is -2.59. The van der Waals surface area contributed by atoms with Crippen LogP contribution in [0.15, 0.2) is 12.3 Å². The van der Waals surface area contributed by atoms with Gasteiger partial charge in [0.2, 0.25) is 5.91 Å². The highest BCUT2D eigenvalue weighted by molar-refractivity contribution is 6.31. The quantitative estimate of drug-likeness (QED) is 0.861. The van der Waals surface area contributed by atoms with Crippen molar-refractivity contribution in [2.24, 2.45) is 0 Å². The number of nitrogens with zero attached hydrogens (tertiary/aromatic N) is 2. The summed E-state index contributed by atoms with van der Waals surface area (Å²) in [4.78, 5) is 26.4. The number of hydrogen-bond donors (Lipinski definition) is 2. The molecule has 1 aromatic rings. The zero-order valence-electron chi connectivity index (χ0n) is 11.9. The molecule has 114 valence electrons. The Morgan fingerprint density at radius 3 is 2.86 bits per heavy atom. The molecule has 1 unspecified atom stereocenters. The molecule has 1 atom stereocenters. The number of piperazine rings is 1. The predicted octanol–water partition coefficient (Wildman–Crippen LogP) is 0.636. The summed E-state index contributed by atoms with van der Waals surface area (Å²) < 4.78 is 1.95. The van der Waals surface area contributed by atoms with E-state index in [2.05, 4.69) is 10.6 Å². The molecule has 1 saturated carbocycles. The molecule has 0 bridgehead atoms. The second-order valence-electron chi connectivity index (χ2n) is 5.51. The molecule has 2 amide bonds. The number of nitrogens with one attached hydrogen (secondary N) is 2. The summed E-state index contributed by atoms with van der Waals surface area (Å²) in [5.41, 5.74) is 0.582. The van der Waals surface area contributed by atoms with Crippen molar-refractivity contribution in [3.05, 3.63) is 23.0 Å². The van der Waals surface area contributed by atoms with Crippen LogP contribution >= 0.6 is 11.6 Å². The third-order valence-corrected chi connectivity index (χ3v) is 4.23. The van der Waals surface area contributed by atoms with E-state index in [0.29, 0.717) is 36.4 Å². The summed E-state index contributed by atoms with van der Waals surface area (Å²) in [5, 5.41) is 6.34. The van der Waals surface area contributed by atoms with E-state index in [1.807, 2.05) is 10.8 Å². The van der Waals surface area contributed by atoms with Gasteiger partial charge in [-0.2, -0.15) is 0 Å². The van der Waals surface area contributed by atoms with Crippen molar-refractivity contribution in [1.29, 1.82) is 0 Å². The molecule has 1 saturated heterocycles. The Hall–Kier alpha value is -1.53. The van der Waals surface area contributed by atoms with Crippen LogP contribution in [0.3, 0.4) is 0 Å².